The van der Waals surface area contributed by atoms with Crippen molar-refractivity contribution in [1.82, 2.24) is 4.90 Å². The molecule has 0 aromatic carbocycles. The third kappa shape index (κ3) is 3.52. The van der Waals surface area contributed by atoms with Crippen LogP contribution in [0.2, 0.25) is 0 Å². The topological polar surface area (TPSA) is 3.24 Å². The van der Waals surface area contributed by atoms with E-state index in [9.17, 15) is 0 Å². The third-order valence-corrected chi connectivity index (χ3v) is 2.20. The maximum Gasteiger partial charge on any atom is 0.0675 e. The van der Waals surface area contributed by atoms with Crippen LogP contribution in [0.15, 0.2) is 11.6 Å². The summed E-state index contributed by atoms with van der Waals surface area (Å²) < 4.78 is 0. The van der Waals surface area contributed by atoms with E-state index in [1.54, 1.807) is 0 Å². The van der Waals surface area contributed by atoms with Gasteiger partial charge in [0.1, 0.15) is 0 Å². The van der Waals surface area contributed by atoms with E-state index in [1.165, 1.54) is 25.3 Å². The molecule has 0 saturated heterocycles. The average Bonchev–Trinajstić information content (AvgIpc) is 2.34. The predicted octanol–water partition coefficient (Wildman–Crippen LogP) is 2.84. The van der Waals surface area contributed by atoms with Crippen LogP contribution in [0.25, 0.3) is 0 Å². The Kier molecular flexibility index (Phi) is 6.33. The van der Waals surface area contributed by atoms with Crippen LogP contribution < -0.4 is 0 Å². The summed E-state index contributed by atoms with van der Waals surface area (Å²) in [5.41, 5.74) is 0. The average molecular weight is 224 g/mol. The highest BCUT2D eigenvalue weighted by molar-refractivity contribution is 8.93. The van der Waals surface area contributed by atoms with Crippen LogP contribution in [0.4, 0.5) is 0 Å². The molecule has 0 radical (unpaired) electrons. The fourth-order valence-electron chi connectivity index (χ4n) is 0.811. The molecule has 1 heterocycles. The Morgan fingerprint density at radius 2 is 2.40 bits per heavy atom. The van der Waals surface area contributed by atoms with E-state index >= 15 is 0 Å². The molecule has 0 atom stereocenters. The molecule has 0 unspecified atom stereocenters. The summed E-state index contributed by atoms with van der Waals surface area (Å²) in [5.74, 6) is 1.17. The first-order chi connectivity index (χ1) is 4.43. The van der Waals surface area contributed by atoms with Crippen LogP contribution in [0, 0.1) is 0 Å². The molecule has 0 aromatic heterocycles. The van der Waals surface area contributed by atoms with Crippen molar-refractivity contribution in [3.63, 3.8) is 0 Å². The molecule has 0 N–H and O–H groups in total. The minimum absolute atomic E-state index is 0. The monoisotopic (exact) mass is 223 g/mol. The quantitative estimate of drug-likeness (QED) is 0.725. The highest BCUT2D eigenvalue weighted by atomic mass is 79.9. The second-order valence-electron chi connectivity index (χ2n) is 2.25. The first-order valence-corrected chi connectivity index (χ1v) is 4.50. The highest BCUT2D eigenvalue weighted by Crippen LogP contribution is 2.14. The van der Waals surface area contributed by atoms with Gasteiger partial charge in [0.05, 0.1) is 5.88 Å². The zero-order valence-corrected chi connectivity index (χ0v) is 8.78. The second-order valence-corrected chi connectivity index (χ2v) is 3.11. The minimum Gasteiger partial charge on any atom is -0.367 e. The second kappa shape index (κ2) is 6.10. The van der Waals surface area contributed by atoms with Crippen molar-refractivity contribution in [1.29, 1.82) is 0 Å². The van der Waals surface area contributed by atoms with Crippen molar-refractivity contribution < 1.29 is 0 Å². The number of halogens is 1. The molecule has 0 aromatic rings. The molecular weight excluding hydrogens is 210 g/mol. The van der Waals surface area contributed by atoms with E-state index in [0.717, 1.165) is 0 Å². The Morgan fingerprint density at radius 3 is 2.90 bits per heavy atom. The predicted molar refractivity (Wildman–Crippen MR) is 53.5 cm³/mol. The van der Waals surface area contributed by atoms with Crippen molar-refractivity contribution >= 4 is 28.7 Å². The van der Waals surface area contributed by atoms with Gasteiger partial charge in [0, 0.05) is 12.7 Å². The van der Waals surface area contributed by atoms with Gasteiger partial charge in [-0.3, -0.25) is 0 Å². The number of hydrogen-bond acceptors (Lipinski definition) is 2. The summed E-state index contributed by atoms with van der Waals surface area (Å²) in [6, 6.07) is 0. The van der Waals surface area contributed by atoms with Crippen molar-refractivity contribution in [3.05, 3.63) is 11.6 Å². The van der Waals surface area contributed by atoms with Crippen LogP contribution in [0.3, 0.4) is 0 Å². The number of unbranched alkanes of at least 4 members (excludes halogenated alkanes) is 1. The molecule has 1 rings (SSSR count). The molecule has 10 heavy (non-hydrogen) atoms. The summed E-state index contributed by atoms with van der Waals surface area (Å²) in [6.07, 6.45) is 4.81. The summed E-state index contributed by atoms with van der Waals surface area (Å²) in [4.78, 5) is 2.36. The molecule has 0 spiro atoms. The largest absolute Gasteiger partial charge is 0.367 e. The zero-order valence-electron chi connectivity index (χ0n) is 6.25. The maximum absolute atomic E-state index is 2.36. The fourth-order valence-corrected chi connectivity index (χ4v) is 1.56. The van der Waals surface area contributed by atoms with Gasteiger partial charge in [-0.15, -0.1) is 28.7 Å². The first kappa shape index (κ1) is 10.4. The Labute approximate surface area is 77.6 Å². The van der Waals surface area contributed by atoms with Gasteiger partial charge in [0.2, 0.25) is 0 Å². The van der Waals surface area contributed by atoms with Gasteiger partial charge >= 0.3 is 0 Å². The lowest BCUT2D eigenvalue weighted by atomic mass is 10.3. The van der Waals surface area contributed by atoms with E-state index in [2.05, 4.69) is 23.4 Å². The Bertz CT molecular complexity index is 106. The van der Waals surface area contributed by atoms with E-state index in [1.807, 2.05) is 11.8 Å². The van der Waals surface area contributed by atoms with E-state index in [-0.39, 0.29) is 17.0 Å². The Hall–Kier alpha value is 0.370. The zero-order chi connectivity index (χ0) is 6.53. The van der Waals surface area contributed by atoms with Crippen LogP contribution in [0.5, 0.6) is 0 Å². The Balaban J connectivity index is 0.000000810. The van der Waals surface area contributed by atoms with Gasteiger partial charge in [0.25, 0.3) is 0 Å². The lowest BCUT2D eigenvalue weighted by molar-refractivity contribution is 0.433. The molecule has 0 bridgehead atoms. The normalized spacial score (nSPS) is 15.5. The third-order valence-electron chi connectivity index (χ3n) is 1.41. The standard InChI is InChI=1S/C7H13NS.BrH/c1-2-3-4-8-5-6-9-7-8;/h5-6H,2-4,7H2,1H3;1H. The molecule has 0 amide bonds. The lowest BCUT2D eigenvalue weighted by Gasteiger charge is -2.12. The first-order valence-electron chi connectivity index (χ1n) is 3.46. The van der Waals surface area contributed by atoms with Crippen LogP contribution in [0.1, 0.15) is 19.8 Å². The smallest absolute Gasteiger partial charge is 0.0675 e. The number of thioether (sulfide) groups is 1. The van der Waals surface area contributed by atoms with Gasteiger partial charge in [-0.05, 0) is 11.8 Å². The molecule has 0 aliphatic carbocycles. The lowest BCUT2D eigenvalue weighted by Crippen LogP contribution is -2.13. The summed E-state index contributed by atoms with van der Waals surface area (Å²) in [5, 5.41) is 2.16. The molecule has 1 aliphatic heterocycles. The van der Waals surface area contributed by atoms with E-state index < -0.39 is 0 Å². The van der Waals surface area contributed by atoms with Crippen molar-refractivity contribution in [2.75, 3.05) is 12.4 Å². The molecular formula is C7H14BrNS. The summed E-state index contributed by atoms with van der Waals surface area (Å²) in [7, 11) is 0. The Morgan fingerprint density at radius 1 is 1.60 bits per heavy atom. The maximum atomic E-state index is 2.36. The van der Waals surface area contributed by atoms with Crippen molar-refractivity contribution in [2.24, 2.45) is 0 Å². The van der Waals surface area contributed by atoms with Gasteiger partial charge in [-0.1, -0.05) is 13.3 Å². The van der Waals surface area contributed by atoms with Gasteiger partial charge in [-0.2, -0.15) is 0 Å². The van der Waals surface area contributed by atoms with Crippen LogP contribution >= 0.6 is 28.7 Å². The number of hydrogen-bond donors (Lipinski definition) is 0. The van der Waals surface area contributed by atoms with Crippen LogP contribution in [-0.4, -0.2) is 17.3 Å². The molecule has 1 aliphatic rings. The molecule has 0 fully saturated rings. The molecule has 1 nitrogen and oxygen atoms in total. The number of nitrogens with zero attached hydrogens (tertiary/aromatic N) is 1. The molecule has 3 heteroatoms. The molecule has 60 valence electrons. The van der Waals surface area contributed by atoms with E-state index in [4.69, 9.17) is 0 Å². The summed E-state index contributed by atoms with van der Waals surface area (Å²) in [6.45, 7) is 3.47. The van der Waals surface area contributed by atoms with E-state index in [0.29, 0.717) is 0 Å². The van der Waals surface area contributed by atoms with Gasteiger partial charge in [0.15, 0.2) is 0 Å². The van der Waals surface area contributed by atoms with Crippen molar-refractivity contribution in [3.8, 4) is 0 Å². The van der Waals surface area contributed by atoms with Gasteiger partial charge < -0.3 is 4.90 Å². The number of rotatable bonds is 3. The fraction of sp³-hybridized carbons (Fsp3) is 0.714. The minimum atomic E-state index is 0. The molecule has 0 saturated carbocycles. The SMILES string of the molecule is Br.CCCCN1C=CSC1. The van der Waals surface area contributed by atoms with Crippen LogP contribution in [-0.2, 0) is 0 Å². The van der Waals surface area contributed by atoms with Crippen molar-refractivity contribution in [2.45, 2.75) is 19.8 Å². The van der Waals surface area contributed by atoms with Gasteiger partial charge in [-0.25, -0.2) is 0 Å². The summed E-state index contributed by atoms with van der Waals surface area (Å²) >= 11 is 1.88. The highest BCUT2D eigenvalue weighted by Gasteiger charge is 2.01.